The van der Waals surface area contributed by atoms with Gasteiger partial charge in [0.1, 0.15) is 17.7 Å². The fourth-order valence-electron chi connectivity index (χ4n) is 1.50. The highest BCUT2D eigenvalue weighted by Crippen LogP contribution is 2.07. The molecule has 6 heteroatoms. The molecule has 94 valence electrons. The lowest BCUT2D eigenvalue weighted by Gasteiger charge is -2.14. The Kier molecular flexibility index (Phi) is 4.68. The Morgan fingerprint density at radius 3 is 2.88 bits per heavy atom. The van der Waals surface area contributed by atoms with E-state index >= 15 is 0 Å². The minimum Gasteiger partial charge on any atom is -0.480 e. The molecule has 1 atom stereocenters. The fourth-order valence-corrected chi connectivity index (χ4v) is 1.50. The highest BCUT2D eigenvalue weighted by Gasteiger charge is 2.17. The molecule has 0 aliphatic rings. The number of H-pyrrole nitrogens is 1. The third-order valence-corrected chi connectivity index (χ3v) is 2.33. The zero-order chi connectivity index (χ0) is 12.8. The van der Waals surface area contributed by atoms with Gasteiger partial charge in [-0.3, -0.25) is 4.79 Å². The van der Waals surface area contributed by atoms with Gasteiger partial charge in [-0.25, -0.2) is 9.78 Å². The Hall–Kier alpha value is -1.85. The highest BCUT2D eigenvalue weighted by molar-refractivity contribution is 5.76. The second-order valence-corrected chi connectivity index (χ2v) is 3.89. The number of hydrogen-bond donors (Lipinski definition) is 3. The summed E-state index contributed by atoms with van der Waals surface area (Å²) in [5.74, 6) is -0.174. The summed E-state index contributed by atoms with van der Waals surface area (Å²) in [6, 6.07) is 0.554. The largest absolute Gasteiger partial charge is 0.480 e. The van der Waals surface area contributed by atoms with E-state index in [9.17, 15) is 9.59 Å². The smallest absolute Gasteiger partial charge is 0.326 e. The van der Waals surface area contributed by atoms with Crippen LogP contribution in [0.15, 0.2) is 10.9 Å². The molecule has 1 aromatic rings. The standard InChI is InChI=1S/C11H17N3O3/c1-3-4-5-8(11(16)17)14-9-6-10(15)13-7(2)12-9/h6,8H,3-5H2,1-2H3,(H,16,17)(H2,12,13,14,15). The molecule has 0 radical (unpaired) electrons. The van der Waals surface area contributed by atoms with Crippen LogP contribution < -0.4 is 10.9 Å². The van der Waals surface area contributed by atoms with E-state index in [0.717, 1.165) is 12.8 Å². The van der Waals surface area contributed by atoms with Gasteiger partial charge >= 0.3 is 5.97 Å². The van der Waals surface area contributed by atoms with Gasteiger partial charge in [-0.2, -0.15) is 0 Å². The molecule has 0 aromatic carbocycles. The fraction of sp³-hybridized carbons (Fsp3) is 0.545. The van der Waals surface area contributed by atoms with E-state index in [2.05, 4.69) is 15.3 Å². The molecular weight excluding hydrogens is 222 g/mol. The molecule has 3 N–H and O–H groups in total. The molecule has 17 heavy (non-hydrogen) atoms. The van der Waals surface area contributed by atoms with E-state index in [1.165, 1.54) is 6.07 Å². The van der Waals surface area contributed by atoms with Crippen molar-refractivity contribution in [3.63, 3.8) is 0 Å². The molecule has 1 heterocycles. The van der Waals surface area contributed by atoms with Crippen molar-refractivity contribution in [3.8, 4) is 0 Å². The van der Waals surface area contributed by atoms with Crippen LogP contribution in [-0.4, -0.2) is 27.1 Å². The number of rotatable bonds is 6. The number of aromatic amines is 1. The van der Waals surface area contributed by atoms with Crippen molar-refractivity contribution in [2.45, 2.75) is 39.2 Å². The van der Waals surface area contributed by atoms with Crippen LogP contribution in [0.4, 0.5) is 5.82 Å². The number of aromatic nitrogens is 2. The number of carboxylic acids is 1. The lowest BCUT2D eigenvalue weighted by molar-refractivity contribution is -0.138. The molecule has 0 spiro atoms. The number of aliphatic carboxylic acids is 1. The molecule has 1 unspecified atom stereocenters. The maximum atomic E-state index is 11.2. The lowest BCUT2D eigenvalue weighted by Crippen LogP contribution is -2.30. The van der Waals surface area contributed by atoms with Crippen molar-refractivity contribution >= 4 is 11.8 Å². The number of nitrogens with zero attached hydrogens (tertiary/aromatic N) is 1. The van der Waals surface area contributed by atoms with E-state index < -0.39 is 12.0 Å². The van der Waals surface area contributed by atoms with Crippen LogP contribution in [0.2, 0.25) is 0 Å². The Labute approximate surface area is 99.1 Å². The predicted molar refractivity (Wildman–Crippen MR) is 64.2 cm³/mol. The number of anilines is 1. The lowest BCUT2D eigenvalue weighted by atomic mass is 10.1. The van der Waals surface area contributed by atoms with Crippen LogP contribution in [0, 0.1) is 6.92 Å². The van der Waals surface area contributed by atoms with E-state index in [0.29, 0.717) is 18.1 Å². The molecule has 0 amide bonds. The second-order valence-electron chi connectivity index (χ2n) is 3.89. The first-order valence-electron chi connectivity index (χ1n) is 5.60. The topological polar surface area (TPSA) is 95.1 Å². The molecule has 1 rings (SSSR count). The maximum Gasteiger partial charge on any atom is 0.326 e. The van der Waals surface area contributed by atoms with E-state index in [-0.39, 0.29) is 5.56 Å². The van der Waals surface area contributed by atoms with Crippen molar-refractivity contribution < 1.29 is 9.90 Å². The second kappa shape index (κ2) is 6.03. The molecule has 6 nitrogen and oxygen atoms in total. The van der Waals surface area contributed by atoms with Gasteiger partial charge in [0.2, 0.25) is 0 Å². The minimum absolute atomic E-state index is 0.292. The minimum atomic E-state index is -0.932. The summed E-state index contributed by atoms with van der Waals surface area (Å²) in [4.78, 5) is 28.7. The molecule has 0 aliphatic heterocycles. The van der Waals surface area contributed by atoms with Crippen molar-refractivity contribution in [2.24, 2.45) is 0 Å². The number of carboxylic acid groups (broad SMARTS) is 1. The third-order valence-electron chi connectivity index (χ3n) is 2.33. The molecule has 0 bridgehead atoms. The summed E-state index contributed by atoms with van der Waals surface area (Å²) in [5, 5.41) is 11.8. The average Bonchev–Trinajstić information content (AvgIpc) is 2.22. The van der Waals surface area contributed by atoms with Crippen LogP contribution in [0.5, 0.6) is 0 Å². The third kappa shape index (κ3) is 4.26. The first-order valence-corrected chi connectivity index (χ1v) is 5.60. The Balaban J connectivity index is 2.78. The van der Waals surface area contributed by atoms with Gasteiger partial charge in [0.05, 0.1) is 0 Å². The van der Waals surface area contributed by atoms with Gasteiger partial charge in [-0.1, -0.05) is 19.8 Å². The van der Waals surface area contributed by atoms with Gasteiger partial charge in [0.15, 0.2) is 0 Å². The zero-order valence-corrected chi connectivity index (χ0v) is 9.99. The van der Waals surface area contributed by atoms with Crippen LogP contribution >= 0.6 is 0 Å². The summed E-state index contributed by atoms with van der Waals surface area (Å²) >= 11 is 0. The van der Waals surface area contributed by atoms with Crippen molar-refractivity contribution in [1.29, 1.82) is 0 Å². The zero-order valence-electron chi connectivity index (χ0n) is 9.99. The van der Waals surface area contributed by atoms with Crippen molar-refractivity contribution in [1.82, 2.24) is 9.97 Å². The molecule has 0 fully saturated rings. The van der Waals surface area contributed by atoms with Gasteiger partial charge in [0.25, 0.3) is 5.56 Å². The van der Waals surface area contributed by atoms with E-state index in [1.807, 2.05) is 6.92 Å². The van der Waals surface area contributed by atoms with E-state index in [1.54, 1.807) is 6.92 Å². The van der Waals surface area contributed by atoms with Crippen LogP contribution in [-0.2, 0) is 4.79 Å². The molecule has 0 saturated heterocycles. The number of hydrogen-bond acceptors (Lipinski definition) is 4. The first-order chi connectivity index (χ1) is 8.02. The van der Waals surface area contributed by atoms with Crippen LogP contribution in [0.25, 0.3) is 0 Å². The highest BCUT2D eigenvalue weighted by atomic mass is 16.4. The monoisotopic (exact) mass is 239 g/mol. The Morgan fingerprint density at radius 1 is 1.65 bits per heavy atom. The van der Waals surface area contributed by atoms with Crippen LogP contribution in [0.3, 0.4) is 0 Å². The predicted octanol–water partition coefficient (Wildman–Crippen LogP) is 1.13. The van der Waals surface area contributed by atoms with Gasteiger partial charge in [0, 0.05) is 6.07 Å². The number of nitrogens with one attached hydrogen (secondary N) is 2. The molecular formula is C11H17N3O3. The van der Waals surface area contributed by atoms with Gasteiger partial charge < -0.3 is 15.4 Å². The van der Waals surface area contributed by atoms with Crippen molar-refractivity contribution in [3.05, 3.63) is 22.2 Å². The van der Waals surface area contributed by atoms with Gasteiger partial charge in [-0.15, -0.1) is 0 Å². The molecule has 0 aliphatic carbocycles. The van der Waals surface area contributed by atoms with Gasteiger partial charge in [-0.05, 0) is 13.3 Å². The normalized spacial score (nSPS) is 12.1. The molecule has 0 saturated carbocycles. The average molecular weight is 239 g/mol. The van der Waals surface area contributed by atoms with Crippen LogP contribution in [0.1, 0.15) is 32.0 Å². The number of aryl methyl sites for hydroxylation is 1. The molecule has 1 aromatic heterocycles. The maximum absolute atomic E-state index is 11.2. The summed E-state index contributed by atoms with van der Waals surface area (Å²) < 4.78 is 0. The first kappa shape index (κ1) is 13.2. The SMILES string of the molecule is CCCCC(Nc1cc(=O)[nH]c(C)n1)C(=O)O. The van der Waals surface area contributed by atoms with Crippen molar-refractivity contribution in [2.75, 3.05) is 5.32 Å². The summed E-state index contributed by atoms with van der Waals surface area (Å²) in [6.45, 7) is 3.64. The number of carbonyl (C=O) groups is 1. The van der Waals surface area contributed by atoms with E-state index in [4.69, 9.17) is 5.11 Å². The summed E-state index contributed by atoms with van der Waals surface area (Å²) in [5.41, 5.74) is -0.292. The number of unbranched alkanes of at least 4 members (excludes halogenated alkanes) is 1. The Morgan fingerprint density at radius 2 is 2.35 bits per heavy atom. The summed E-state index contributed by atoms with van der Waals surface area (Å²) in [6.07, 6.45) is 2.25. The quantitative estimate of drug-likeness (QED) is 0.691. The Bertz CT molecular complexity index is 442. The summed E-state index contributed by atoms with van der Waals surface area (Å²) in [7, 11) is 0.